The summed E-state index contributed by atoms with van der Waals surface area (Å²) in [7, 11) is 0. The van der Waals surface area contributed by atoms with E-state index in [-0.39, 0.29) is 0 Å². The highest BCUT2D eigenvalue weighted by Crippen LogP contribution is 2.19. The molecule has 0 aliphatic carbocycles. The van der Waals surface area contributed by atoms with Gasteiger partial charge in [-0.1, -0.05) is 24.3 Å². The number of aromatic nitrogens is 4. The molecule has 6 heteroatoms. The number of nitrogens with zero attached hydrogens (tertiary/aromatic N) is 3. The molecule has 3 aromatic rings. The van der Waals surface area contributed by atoms with Crippen molar-refractivity contribution in [2.45, 2.75) is 6.92 Å². The molecule has 1 N–H and O–H groups in total. The van der Waals surface area contributed by atoms with Crippen LogP contribution in [0.3, 0.4) is 0 Å². The van der Waals surface area contributed by atoms with Crippen molar-refractivity contribution in [1.29, 1.82) is 0 Å². The third-order valence-electron chi connectivity index (χ3n) is 2.70. The van der Waals surface area contributed by atoms with Crippen molar-refractivity contribution in [3.05, 3.63) is 64.8 Å². The number of aromatic amines is 1. The van der Waals surface area contributed by atoms with Gasteiger partial charge in [0, 0.05) is 6.07 Å². The average molecular weight is 268 g/mol. The molecule has 0 bridgehead atoms. The Labute approximate surface area is 114 Å². The molecule has 2 heterocycles. The molecule has 0 saturated carbocycles. The third kappa shape index (κ3) is 2.44. The molecule has 0 unspecified atom stereocenters. The molecular formula is C14H12N4O2. The van der Waals surface area contributed by atoms with Gasteiger partial charge in [0.1, 0.15) is 11.6 Å². The quantitative estimate of drug-likeness (QED) is 0.789. The summed E-state index contributed by atoms with van der Waals surface area (Å²) in [6.07, 6.45) is 0. The smallest absolute Gasteiger partial charge is 0.361 e. The van der Waals surface area contributed by atoms with E-state index >= 15 is 0 Å². The first kappa shape index (κ1) is 12.2. The molecule has 0 saturated heterocycles. The van der Waals surface area contributed by atoms with Crippen LogP contribution in [0.1, 0.15) is 5.82 Å². The van der Waals surface area contributed by atoms with Crippen LogP contribution in [0.25, 0.3) is 5.82 Å². The summed E-state index contributed by atoms with van der Waals surface area (Å²) in [6.45, 7) is 1.73. The van der Waals surface area contributed by atoms with Gasteiger partial charge in [0.2, 0.25) is 5.88 Å². The lowest BCUT2D eigenvalue weighted by atomic mass is 10.3. The topological polar surface area (TPSA) is 72.8 Å². The van der Waals surface area contributed by atoms with Gasteiger partial charge >= 0.3 is 5.69 Å². The molecular weight excluding hydrogens is 256 g/mol. The van der Waals surface area contributed by atoms with Crippen molar-refractivity contribution in [3.63, 3.8) is 0 Å². The fraction of sp³-hybridized carbons (Fsp3) is 0.0714. The maximum atomic E-state index is 11.2. The van der Waals surface area contributed by atoms with Gasteiger partial charge < -0.3 is 4.74 Å². The molecule has 20 heavy (non-hydrogen) atoms. The van der Waals surface area contributed by atoms with Crippen LogP contribution in [0.5, 0.6) is 11.6 Å². The Hall–Kier alpha value is -2.89. The van der Waals surface area contributed by atoms with Crippen molar-refractivity contribution < 1.29 is 4.74 Å². The summed E-state index contributed by atoms with van der Waals surface area (Å²) in [5, 5.41) is 2.58. The van der Waals surface area contributed by atoms with E-state index in [1.54, 1.807) is 25.1 Å². The predicted octanol–water partition coefficient (Wildman–Crippen LogP) is 2.06. The predicted molar refractivity (Wildman–Crippen MR) is 73.2 cm³/mol. The lowest BCUT2D eigenvalue weighted by Crippen LogP contribution is -2.06. The summed E-state index contributed by atoms with van der Waals surface area (Å²) in [5.74, 6) is 2.24. The number of H-pyrrole nitrogens is 1. The van der Waals surface area contributed by atoms with Gasteiger partial charge in [0.15, 0.2) is 5.82 Å². The Bertz CT molecular complexity index is 777. The van der Waals surface area contributed by atoms with Crippen LogP contribution in [-0.4, -0.2) is 19.7 Å². The Morgan fingerprint density at radius 1 is 1.05 bits per heavy atom. The molecule has 0 aliphatic rings. The van der Waals surface area contributed by atoms with Crippen LogP contribution in [0.4, 0.5) is 0 Å². The standard InChI is InChI=1S/C14H12N4O2/c1-10-15-14(19)17-18(10)12-8-5-9-13(16-12)20-11-6-3-2-4-7-11/h2-9H,1H3,(H,17,19). The number of hydrogen-bond acceptors (Lipinski definition) is 4. The SMILES string of the molecule is Cc1nc(=O)[nH]n1-c1cccc(Oc2ccccc2)n1. The summed E-state index contributed by atoms with van der Waals surface area (Å²) in [5.41, 5.74) is -0.404. The van der Waals surface area contributed by atoms with E-state index in [1.165, 1.54) is 4.68 Å². The monoisotopic (exact) mass is 268 g/mol. The molecule has 100 valence electrons. The van der Waals surface area contributed by atoms with Gasteiger partial charge in [0.25, 0.3) is 0 Å². The average Bonchev–Trinajstić information content (AvgIpc) is 2.79. The largest absolute Gasteiger partial charge is 0.439 e. The van der Waals surface area contributed by atoms with E-state index in [0.717, 1.165) is 0 Å². The molecule has 2 aromatic heterocycles. The minimum atomic E-state index is -0.404. The van der Waals surface area contributed by atoms with Crippen LogP contribution < -0.4 is 10.4 Å². The number of rotatable bonds is 3. The lowest BCUT2D eigenvalue weighted by molar-refractivity contribution is 0.461. The van der Waals surface area contributed by atoms with Crippen molar-refractivity contribution >= 4 is 0 Å². The molecule has 0 fully saturated rings. The van der Waals surface area contributed by atoms with Gasteiger partial charge in [-0.05, 0) is 25.1 Å². The molecule has 0 radical (unpaired) electrons. The van der Waals surface area contributed by atoms with Gasteiger partial charge in [-0.25, -0.2) is 14.6 Å². The van der Waals surface area contributed by atoms with E-state index in [0.29, 0.717) is 23.3 Å². The van der Waals surface area contributed by atoms with Crippen LogP contribution >= 0.6 is 0 Å². The van der Waals surface area contributed by atoms with Gasteiger partial charge in [-0.3, -0.25) is 0 Å². The van der Waals surface area contributed by atoms with E-state index in [9.17, 15) is 4.79 Å². The Morgan fingerprint density at radius 2 is 1.85 bits per heavy atom. The van der Waals surface area contributed by atoms with Crippen LogP contribution in [0, 0.1) is 6.92 Å². The van der Waals surface area contributed by atoms with E-state index in [4.69, 9.17) is 4.74 Å². The highest BCUT2D eigenvalue weighted by atomic mass is 16.5. The first-order valence-electron chi connectivity index (χ1n) is 6.08. The number of para-hydroxylation sites is 1. The number of nitrogens with one attached hydrogen (secondary N) is 1. The van der Waals surface area contributed by atoms with Crippen molar-refractivity contribution in [3.8, 4) is 17.4 Å². The van der Waals surface area contributed by atoms with E-state index in [2.05, 4.69) is 15.1 Å². The summed E-state index contributed by atoms with van der Waals surface area (Å²) < 4.78 is 7.16. The fourth-order valence-corrected chi connectivity index (χ4v) is 1.82. The molecule has 0 amide bonds. The number of pyridine rings is 1. The lowest BCUT2D eigenvalue weighted by Gasteiger charge is -2.07. The Kier molecular flexibility index (Phi) is 3.04. The summed E-state index contributed by atoms with van der Waals surface area (Å²) >= 11 is 0. The molecule has 0 atom stereocenters. The first-order chi connectivity index (χ1) is 9.72. The van der Waals surface area contributed by atoms with Crippen LogP contribution in [-0.2, 0) is 0 Å². The zero-order valence-electron chi connectivity index (χ0n) is 10.8. The second-order valence-corrected chi connectivity index (χ2v) is 4.16. The maximum Gasteiger partial charge on any atom is 0.361 e. The number of hydrogen-bond donors (Lipinski definition) is 1. The molecule has 0 aliphatic heterocycles. The molecule has 0 spiro atoms. The van der Waals surface area contributed by atoms with Gasteiger partial charge in [0.05, 0.1) is 0 Å². The number of benzene rings is 1. The van der Waals surface area contributed by atoms with Crippen molar-refractivity contribution in [1.82, 2.24) is 19.7 Å². The van der Waals surface area contributed by atoms with Crippen LogP contribution in [0.2, 0.25) is 0 Å². The van der Waals surface area contributed by atoms with Gasteiger partial charge in [-0.15, -0.1) is 0 Å². The zero-order valence-corrected chi connectivity index (χ0v) is 10.8. The highest BCUT2D eigenvalue weighted by molar-refractivity contribution is 5.31. The summed E-state index contributed by atoms with van der Waals surface area (Å²) in [4.78, 5) is 19.3. The molecule has 6 nitrogen and oxygen atoms in total. The number of aryl methyl sites for hydroxylation is 1. The molecule has 3 rings (SSSR count). The van der Waals surface area contributed by atoms with E-state index in [1.807, 2.05) is 30.3 Å². The zero-order chi connectivity index (χ0) is 13.9. The number of ether oxygens (including phenoxy) is 1. The second-order valence-electron chi connectivity index (χ2n) is 4.16. The van der Waals surface area contributed by atoms with Crippen molar-refractivity contribution in [2.24, 2.45) is 0 Å². The second kappa shape index (κ2) is 5.00. The molecule has 1 aromatic carbocycles. The van der Waals surface area contributed by atoms with E-state index < -0.39 is 5.69 Å². The maximum absolute atomic E-state index is 11.2. The summed E-state index contributed by atoms with van der Waals surface area (Å²) in [6, 6.07) is 14.7. The van der Waals surface area contributed by atoms with Crippen molar-refractivity contribution in [2.75, 3.05) is 0 Å². The normalized spacial score (nSPS) is 10.4. The minimum Gasteiger partial charge on any atom is -0.439 e. The van der Waals surface area contributed by atoms with Gasteiger partial charge in [-0.2, -0.15) is 9.97 Å². The Morgan fingerprint density at radius 3 is 2.55 bits per heavy atom. The Balaban J connectivity index is 1.94. The third-order valence-corrected chi connectivity index (χ3v) is 2.70. The highest BCUT2D eigenvalue weighted by Gasteiger charge is 2.06. The van der Waals surface area contributed by atoms with Crippen LogP contribution in [0.15, 0.2) is 53.3 Å². The minimum absolute atomic E-state index is 0.404. The fourth-order valence-electron chi connectivity index (χ4n) is 1.82. The first-order valence-corrected chi connectivity index (χ1v) is 6.08.